The Morgan fingerprint density at radius 2 is 2.00 bits per heavy atom. The molecule has 152 valence electrons. The summed E-state index contributed by atoms with van der Waals surface area (Å²) in [6, 6.07) is 5.33. The Labute approximate surface area is 169 Å². The molecule has 0 bridgehead atoms. The number of fused-ring (bicyclic) bond motifs is 1. The summed E-state index contributed by atoms with van der Waals surface area (Å²) in [5.41, 5.74) is 9.82. The second-order valence-corrected chi connectivity index (χ2v) is 7.61. The minimum Gasteiger partial charge on any atom is -0.366 e. The molecule has 0 aliphatic heterocycles. The third-order valence-electron chi connectivity index (χ3n) is 5.32. The molecule has 3 N–H and O–H groups in total. The number of carbonyl (C=O) groups excluding carboxylic acids is 2. The van der Waals surface area contributed by atoms with Crippen LogP contribution in [-0.2, 0) is 13.1 Å². The van der Waals surface area contributed by atoms with Crippen molar-refractivity contribution in [3.05, 3.63) is 40.7 Å². The Kier molecular flexibility index (Phi) is 4.86. The SMILES string of the molecule is CCCn1c(NC(=O)c2cc(C3CC3)nn2CC)nc2cc(C(N)=O)cc(C)c21. The molecule has 8 heteroatoms. The summed E-state index contributed by atoms with van der Waals surface area (Å²) in [5.74, 6) is 0.221. The number of nitrogens with zero attached hydrogens (tertiary/aromatic N) is 4. The van der Waals surface area contributed by atoms with E-state index in [1.807, 2.05) is 24.5 Å². The van der Waals surface area contributed by atoms with Crippen LogP contribution in [0.15, 0.2) is 18.2 Å². The molecule has 2 aromatic heterocycles. The molecule has 2 heterocycles. The lowest BCUT2D eigenvalue weighted by atomic mass is 10.1. The fourth-order valence-corrected chi connectivity index (χ4v) is 3.76. The quantitative estimate of drug-likeness (QED) is 0.641. The summed E-state index contributed by atoms with van der Waals surface area (Å²) >= 11 is 0. The van der Waals surface area contributed by atoms with Gasteiger partial charge in [0, 0.05) is 24.6 Å². The number of anilines is 1. The van der Waals surface area contributed by atoms with Crippen molar-refractivity contribution in [2.24, 2.45) is 5.73 Å². The number of imidazole rings is 1. The van der Waals surface area contributed by atoms with Crippen LogP contribution >= 0.6 is 0 Å². The first-order valence-corrected chi connectivity index (χ1v) is 10.1. The second-order valence-electron chi connectivity index (χ2n) is 7.61. The van der Waals surface area contributed by atoms with Crippen LogP contribution in [0.3, 0.4) is 0 Å². The van der Waals surface area contributed by atoms with E-state index < -0.39 is 5.91 Å². The first-order chi connectivity index (χ1) is 13.9. The van der Waals surface area contributed by atoms with Crippen LogP contribution in [-0.4, -0.2) is 31.1 Å². The smallest absolute Gasteiger partial charge is 0.276 e. The highest BCUT2D eigenvalue weighted by Crippen LogP contribution is 2.39. The van der Waals surface area contributed by atoms with E-state index in [0.29, 0.717) is 41.7 Å². The van der Waals surface area contributed by atoms with Gasteiger partial charge in [0.15, 0.2) is 0 Å². The predicted octanol–water partition coefficient (Wildman–Crippen LogP) is 3.20. The number of hydrogen-bond acceptors (Lipinski definition) is 4. The van der Waals surface area contributed by atoms with Crippen molar-refractivity contribution < 1.29 is 9.59 Å². The highest BCUT2D eigenvalue weighted by Gasteiger charge is 2.29. The number of benzene rings is 1. The van der Waals surface area contributed by atoms with Crippen molar-refractivity contribution in [3.63, 3.8) is 0 Å². The molecule has 0 radical (unpaired) electrons. The number of primary amides is 1. The van der Waals surface area contributed by atoms with Gasteiger partial charge in [-0.15, -0.1) is 0 Å². The zero-order valence-corrected chi connectivity index (χ0v) is 17.0. The van der Waals surface area contributed by atoms with Gasteiger partial charge < -0.3 is 10.3 Å². The summed E-state index contributed by atoms with van der Waals surface area (Å²) in [6.07, 6.45) is 3.15. The van der Waals surface area contributed by atoms with Crippen molar-refractivity contribution in [3.8, 4) is 0 Å². The Bertz CT molecular complexity index is 1110. The van der Waals surface area contributed by atoms with Crippen molar-refractivity contribution >= 4 is 28.8 Å². The summed E-state index contributed by atoms with van der Waals surface area (Å²) < 4.78 is 3.73. The number of aryl methyl sites for hydroxylation is 3. The maximum Gasteiger partial charge on any atom is 0.276 e. The van der Waals surface area contributed by atoms with Gasteiger partial charge in [0.1, 0.15) is 5.69 Å². The van der Waals surface area contributed by atoms with Crippen LogP contribution < -0.4 is 11.1 Å². The van der Waals surface area contributed by atoms with E-state index in [4.69, 9.17) is 5.73 Å². The third kappa shape index (κ3) is 3.50. The van der Waals surface area contributed by atoms with E-state index in [-0.39, 0.29) is 5.91 Å². The maximum atomic E-state index is 13.0. The average molecular weight is 394 g/mol. The molecule has 0 atom stereocenters. The summed E-state index contributed by atoms with van der Waals surface area (Å²) in [6.45, 7) is 7.29. The number of nitrogens with two attached hydrogens (primary N) is 1. The summed E-state index contributed by atoms with van der Waals surface area (Å²) in [5, 5.41) is 7.54. The van der Waals surface area contributed by atoms with E-state index in [1.165, 1.54) is 0 Å². The molecule has 1 saturated carbocycles. The monoisotopic (exact) mass is 394 g/mol. The third-order valence-corrected chi connectivity index (χ3v) is 5.32. The van der Waals surface area contributed by atoms with Gasteiger partial charge in [-0.25, -0.2) is 4.98 Å². The molecule has 3 aromatic rings. The van der Waals surface area contributed by atoms with E-state index in [2.05, 4.69) is 22.3 Å². The molecule has 1 aromatic carbocycles. The maximum absolute atomic E-state index is 13.0. The molecule has 4 rings (SSSR count). The topological polar surface area (TPSA) is 108 Å². The lowest BCUT2D eigenvalue weighted by Gasteiger charge is -2.11. The number of amides is 2. The standard InChI is InChI=1S/C21H26N6O2/c1-4-8-26-18-12(3)9-14(19(22)28)10-16(18)23-21(26)24-20(29)17-11-15(13-6-7-13)25-27(17)5-2/h9-11,13H,4-8H2,1-3H3,(H2,22,28)(H,23,24,29). The molecule has 0 unspecified atom stereocenters. The normalized spacial score (nSPS) is 13.8. The highest BCUT2D eigenvalue weighted by atomic mass is 16.2. The van der Waals surface area contributed by atoms with Gasteiger partial charge >= 0.3 is 0 Å². The minimum atomic E-state index is -0.495. The van der Waals surface area contributed by atoms with Crippen molar-refractivity contribution in [1.29, 1.82) is 0 Å². The fourth-order valence-electron chi connectivity index (χ4n) is 3.76. The lowest BCUT2D eigenvalue weighted by molar-refractivity contribution is 0.0996. The predicted molar refractivity (Wildman–Crippen MR) is 111 cm³/mol. The fraction of sp³-hybridized carbons (Fsp3) is 0.429. The molecule has 1 aliphatic carbocycles. The van der Waals surface area contributed by atoms with Crippen molar-refractivity contribution in [2.45, 2.75) is 59.0 Å². The molecule has 29 heavy (non-hydrogen) atoms. The number of hydrogen-bond donors (Lipinski definition) is 2. The largest absolute Gasteiger partial charge is 0.366 e. The zero-order chi connectivity index (χ0) is 20.7. The van der Waals surface area contributed by atoms with Crippen LogP contribution in [0.25, 0.3) is 11.0 Å². The van der Waals surface area contributed by atoms with Crippen LogP contribution in [0, 0.1) is 6.92 Å². The van der Waals surface area contributed by atoms with E-state index in [0.717, 1.165) is 36.0 Å². The van der Waals surface area contributed by atoms with Gasteiger partial charge in [0.05, 0.1) is 16.7 Å². The van der Waals surface area contributed by atoms with Crippen LogP contribution in [0.2, 0.25) is 0 Å². The molecule has 2 amide bonds. The number of rotatable bonds is 7. The molecule has 1 fully saturated rings. The minimum absolute atomic E-state index is 0.230. The molecule has 0 spiro atoms. The summed E-state index contributed by atoms with van der Waals surface area (Å²) in [7, 11) is 0. The van der Waals surface area contributed by atoms with Crippen LogP contribution in [0.5, 0.6) is 0 Å². The Hall–Kier alpha value is -3.16. The Morgan fingerprint density at radius 1 is 1.24 bits per heavy atom. The van der Waals surface area contributed by atoms with E-state index in [9.17, 15) is 9.59 Å². The van der Waals surface area contributed by atoms with Gasteiger partial charge in [0.2, 0.25) is 11.9 Å². The van der Waals surface area contributed by atoms with Gasteiger partial charge in [0.25, 0.3) is 5.91 Å². The van der Waals surface area contributed by atoms with Crippen molar-refractivity contribution in [1.82, 2.24) is 19.3 Å². The summed E-state index contributed by atoms with van der Waals surface area (Å²) in [4.78, 5) is 29.3. The van der Waals surface area contributed by atoms with Gasteiger partial charge in [-0.2, -0.15) is 5.10 Å². The average Bonchev–Trinajstić information content (AvgIpc) is 3.35. The van der Waals surface area contributed by atoms with E-state index >= 15 is 0 Å². The second kappa shape index (κ2) is 7.35. The molecular formula is C21H26N6O2. The molecular weight excluding hydrogens is 368 g/mol. The van der Waals surface area contributed by atoms with Crippen LogP contribution in [0.4, 0.5) is 5.95 Å². The van der Waals surface area contributed by atoms with Gasteiger partial charge in [-0.3, -0.25) is 19.6 Å². The highest BCUT2D eigenvalue weighted by molar-refractivity contribution is 6.04. The molecule has 8 nitrogen and oxygen atoms in total. The zero-order valence-electron chi connectivity index (χ0n) is 17.0. The lowest BCUT2D eigenvalue weighted by Crippen LogP contribution is -2.20. The first kappa shape index (κ1) is 19.2. The van der Waals surface area contributed by atoms with E-state index in [1.54, 1.807) is 16.8 Å². The first-order valence-electron chi connectivity index (χ1n) is 10.1. The van der Waals surface area contributed by atoms with Crippen LogP contribution in [0.1, 0.15) is 71.1 Å². The number of aromatic nitrogens is 4. The molecule has 1 aliphatic rings. The number of nitrogens with one attached hydrogen (secondary N) is 1. The molecule has 0 saturated heterocycles. The Balaban J connectivity index is 1.73. The van der Waals surface area contributed by atoms with Crippen molar-refractivity contribution in [2.75, 3.05) is 5.32 Å². The van der Waals surface area contributed by atoms with Gasteiger partial charge in [-0.1, -0.05) is 6.92 Å². The Morgan fingerprint density at radius 3 is 2.62 bits per heavy atom. The van der Waals surface area contributed by atoms with Gasteiger partial charge in [-0.05, 0) is 56.9 Å². The number of carbonyl (C=O) groups is 2.